The maximum absolute atomic E-state index is 12.5. The quantitative estimate of drug-likeness (QED) is 0.765. The number of carbonyl (C=O) groups excluding carboxylic acids is 1. The van der Waals surface area contributed by atoms with Crippen molar-refractivity contribution in [1.29, 1.82) is 0 Å². The summed E-state index contributed by atoms with van der Waals surface area (Å²) in [4.78, 5) is 12.5. The Balaban J connectivity index is 2.02. The van der Waals surface area contributed by atoms with Crippen molar-refractivity contribution in [1.82, 2.24) is 5.32 Å². The van der Waals surface area contributed by atoms with Gasteiger partial charge in [0.15, 0.2) is 6.10 Å². The molecule has 3 nitrogen and oxygen atoms in total. The van der Waals surface area contributed by atoms with E-state index in [2.05, 4.69) is 19.2 Å². The van der Waals surface area contributed by atoms with E-state index in [1.54, 1.807) is 31.2 Å². The molecule has 0 aliphatic heterocycles. The van der Waals surface area contributed by atoms with Gasteiger partial charge in [0.25, 0.3) is 5.91 Å². The summed E-state index contributed by atoms with van der Waals surface area (Å²) >= 11 is 5.86. The highest BCUT2D eigenvalue weighted by Crippen LogP contribution is 2.22. The zero-order chi connectivity index (χ0) is 17.5. The highest BCUT2D eigenvalue weighted by atomic mass is 35.5. The van der Waals surface area contributed by atoms with E-state index in [-0.39, 0.29) is 11.9 Å². The maximum Gasteiger partial charge on any atom is 0.261 e. The molecular weight excluding hydrogens is 322 g/mol. The molecule has 0 bridgehead atoms. The molecule has 2 rings (SSSR count). The first-order valence-corrected chi connectivity index (χ1v) is 8.61. The monoisotopic (exact) mass is 345 g/mol. The van der Waals surface area contributed by atoms with E-state index in [1.807, 2.05) is 30.3 Å². The lowest BCUT2D eigenvalue weighted by Crippen LogP contribution is -2.39. The first-order valence-electron chi connectivity index (χ1n) is 8.23. The highest BCUT2D eigenvalue weighted by molar-refractivity contribution is 6.30. The fourth-order valence-electron chi connectivity index (χ4n) is 2.49. The minimum Gasteiger partial charge on any atom is -0.481 e. The first-order chi connectivity index (χ1) is 11.5. The van der Waals surface area contributed by atoms with E-state index in [9.17, 15) is 4.79 Å². The van der Waals surface area contributed by atoms with Gasteiger partial charge in [0.2, 0.25) is 0 Å². The molecule has 1 N–H and O–H groups in total. The van der Waals surface area contributed by atoms with Crippen LogP contribution in [0.1, 0.15) is 38.8 Å². The maximum atomic E-state index is 12.5. The SMILES string of the molecule is CC(C)CC(NC(=O)C(C)Oc1ccc(Cl)cc1)c1ccccc1. The number of hydrogen-bond acceptors (Lipinski definition) is 2. The van der Waals surface area contributed by atoms with Crippen molar-refractivity contribution >= 4 is 17.5 Å². The van der Waals surface area contributed by atoms with Crippen molar-refractivity contribution in [2.24, 2.45) is 5.92 Å². The molecule has 4 heteroatoms. The van der Waals surface area contributed by atoms with Crippen LogP contribution in [0.25, 0.3) is 0 Å². The van der Waals surface area contributed by atoms with Crippen LogP contribution < -0.4 is 10.1 Å². The number of halogens is 1. The fourth-order valence-corrected chi connectivity index (χ4v) is 2.62. The molecule has 2 atom stereocenters. The van der Waals surface area contributed by atoms with Crippen LogP contribution in [0.5, 0.6) is 5.75 Å². The van der Waals surface area contributed by atoms with Gasteiger partial charge in [-0.15, -0.1) is 0 Å². The number of carbonyl (C=O) groups is 1. The van der Waals surface area contributed by atoms with Gasteiger partial charge in [0, 0.05) is 5.02 Å². The molecule has 0 aliphatic carbocycles. The van der Waals surface area contributed by atoms with Crippen LogP contribution >= 0.6 is 11.6 Å². The molecule has 0 saturated carbocycles. The van der Waals surface area contributed by atoms with Crippen LogP contribution in [0.3, 0.4) is 0 Å². The minimum atomic E-state index is -0.579. The summed E-state index contributed by atoms with van der Waals surface area (Å²) in [5.41, 5.74) is 1.11. The average Bonchev–Trinajstić information content (AvgIpc) is 2.56. The zero-order valence-corrected chi connectivity index (χ0v) is 15.1. The molecule has 0 fully saturated rings. The minimum absolute atomic E-state index is 0.0185. The predicted octanol–water partition coefficient (Wildman–Crippen LogP) is 5.01. The Morgan fingerprint density at radius 1 is 1.04 bits per heavy atom. The van der Waals surface area contributed by atoms with Crippen molar-refractivity contribution in [3.05, 3.63) is 65.2 Å². The number of nitrogens with one attached hydrogen (secondary N) is 1. The molecule has 24 heavy (non-hydrogen) atoms. The van der Waals surface area contributed by atoms with Gasteiger partial charge in [-0.3, -0.25) is 4.79 Å². The molecule has 0 aliphatic rings. The molecule has 2 aromatic rings. The van der Waals surface area contributed by atoms with E-state index in [4.69, 9.17) is 16.3 Å². The van der Waals surface area contributed by atoms with Gasteiger partial charge in [0.05, 0.1) is 6.04 Å². The lowest BCUT2D eigenvalue weighted by Gasteiger charge is -2.23. The molecule has 0 radical (unpaired) electrons. The number of hydrogen-bond donors (Lipinski definition) is 1. The molecular formula is C20H24ClNO2. The summed E-state index contributed by atoms with van der Waals surface area (Å²) in [5, 5.41) is 3.75. The zero-order valence-electron chi connectivity index (χ0n) is 14.3. The van der Waals surface area contributed by atoms with Crippen molar-refractivity contribution in [2.75, 3.05) is 0 Å². The van der Waals surface area contributed by atoms with Gasteiger partial charge in [-0.2, -0.15) is 0 Å². The van der Waals surface area contributed by atoms with Gasteiger partial charge >= 0.3 is 0 Å². The van der Waals surface area contributed by atoms with Crippen LogP contribution in [0.15, 0.2) is 54.6 Å². The molecule has 2 unspecified atom stereocenters. The second-order valence-electron chi connectivity index (χ2n) is 6.32. The van der Waals surface area contributed by atoms with E-state index in [0.717, 1.165) is 12.0 Å². The molecule has 128 valence electrons. The number of ether oxygens (including phenoxy) is 1. The van der Waals surface area contributed by atoms with Gasteiger partial charge in [-0.25, -0.2) is 0 Å². The van der Waals surface area contributed by atoms with Crippen LogP contribution in [0.2, 0.25) is 5.02 Å². The standard InChI is InChI=1S/C20H24ClNO2/c1-14(2)13-19(16-7-5-4-6-8-16)22-20(23)15(3)24-18-11-9-17(21)10-12-18/h4-12,14-15,19H,13H2,1-3H3,(H,22,23). The van der Waals surface area contributed by atoms with Gasteiger partial charge in [-0.05, 0) is 49.1 Å². The smallest absolute Gasteiger partial charge is 0.261 e. The Morgan fingerprint density at radius 3 is 2.25 bits per heavy atom. The summed E-state index contributed by atoms with van der Waals surface area (Å²) in [6.45, 7) is 6.05. The van der Waals surface area contributed by atoms with Crippen LogP contribution in [0, 0.1) is 5.92 Å². The van der Waals surface area contributed by atoms with Gasteiger partial charge in [-0.1, -0.05) is 55.8 Å². The summed E-state index contributed by atoms with van der Waals surface area (Å²) in [7, 11) is 0. The number of rotatable bonds is 7. The Labute approximate surface area is 149 Å². The summed E-state index contributed by atoms with van der Waals surface area (Å²) < 4.78 is 5.70. The summed E-state index contributed by atoms with van der Waals surface area (Å²) in [5.74, 6) is 0.976. The topological polar surface area (TPSA) is 38.3 Å². The Morgan fingerprint density at radius 2 is 1.67 bits per heavy atom. The van der Waals surface area contributed by atoms with Gasteiger partial charge < -0.3 is 10.1 Å². The summed E-state index contributed by atoms with van der Waals surface area (Å²) in [6.07, 6.45) is 0.299. The molecule has 2 aromatic carbocycles. The average molecular weight is 346 g/mol. The van der Waals surface area contributed by atoms with Crippen LogP contribution in [-0.2, 0) is 4.79 Å². The Hall–Kier alpha value is -2.00. The molecule has 0 saturated heterocycles. The second-order valence-corrected chi connectivity index (χ2v) is 6.75. The number of amides is 1. The number of benzene rings is 2. The third-order valence-electron chi connectivity index (χ3n) is 3.72. The Kier molecular flexibility index (Phi) is 6.68. The molecule has 0 aromatic heterocycles. The van der Waals surface area contributed by atoms with E-state index < -0.39 is 6.10 Å². The van der Waals surface area contributed by atoms with Gasteiger partial charge in [0.1, 0.15) is 5.75 Å². The Bertz CT molecular complexity index is 640. The van der Waals surface area contributed by atoms with Crippen molar-refractivity contribution in [3.8, 4) is 5.75 Å². The van der Waals surface area contributed by atoms with Crippen molar-refractivity contribution < 1.29 is 9.53 Å². The van der Waals surface area contributed by atoms with E-state index in [1.165, 1.54) is 0 Å². The van der Waals surface area contributed by atoms with Crippen molar-refractivity contribution in [2.45, 2.75) is 39.3 Å². The third kappa shape index (κ3) is 5.57. The van der Waals surface area contributed by atoms with E-state index >= 15 is 0 Å². The third-order valence-corrected chi connectivity index (χ3v) is 3.97. The normalized spacial score (nSPS) is 13.4. The highest BCUT2D eigenvalue weighted by Gasteiger charge is 2.21. The molecule has 0 heterocycles. The van der Waals surface area contributed by atoms with Crippen molar-refractivity contribution in [3.63, 3.8) is 0 Å². The first kappa shape index (κ1) is 18.3. The fraction of sp³-hybridized carbons (Fsp3) is 0.350. The van der Waals surface area contributed by atoms with E-state index in [0.29, 0.717) is 16.7 Å². The lowest BCUT2D eigenvalue weighted by atomic mass is 9.97. The largest absolute Gasteiger partial charge is 0.481 e. The second kappa shape index (κ2) is 8.74. The predicted molar refractivity (Wildman–Crippen MR) is 98.3 cm³/mol. The molecule has 0 spiro atoms. The van der Waals surface area contributed by atoms with Crippen LogP contribution in [-0.4, -0.2) is 12.0 Å². The lowest BCUT2D eigenvalue weighted by molar-refractivity contribution is -0.128. The summed E-state index contributed by atoms with van der Waals surface area (Å²) in [6, 6.07) is 17.0. The molecule has 1 amide bonds. The van der Waals surface area contributed by atoms with Crippen LogP contribution in [0.4, 0.5) is 0 Å².